The maximum Gasteiger partial charge on any atom is 0.256 e. The van der Waals surface area contributed by atoms with Crippen LogP contribution in [0.3, 0.4) is 0 Å². The first-order valence-electron chi connectivity index (χ1n) is 7.29. The van der Waals surface area contributed by atoms with Gasteiger partial charge < -0.3 is 14.8 Å². The largest absolute Gasteiger partial charge is 0.342 e. The molecule has 1 fully saturated rings. The van der Waals surface area contributed by atoms with Crippen molar-refractivity contribution in [3.05, 3.63) is 34.2 Å². The molecule has 0 aromatic carbocycles. The number of likely N-dealkylation sites (N-methyl/N-ethyl adjacent to an activating group) is 1. The van der Waals surface area contributed by atoms with Crippen LogP contribution in [-0.2, 0) is 4.79 Å². The summed E-state index contributed by atoms with van der Waals surface area (Å²) < 4.78 is 0. The average Bonchev–Trinajstić information content (AvgIpc) is 2.49. The molecule has 6 heteroatoms. The predicted molar refractivity (Wildman–Crippen MR) is 79.0 cm³/mol. The molecule has 2 rings (SSSR count). The van der Waals surface area contributed by atoms with E-state index < -0.39 is 6.04 Å². The summed E-state index contributed by atoms with van der Waals surface area (Å²) in [6, 6.07) is 2.43. The van der Waals surface area contributed by atoms with E-state index >= 15 is 0 Å². The number of unbranched alkanes of at least 4 members (excludes halogenated alkanes) is 1. The molecule has 0 aliphatic carbocycles. The summed E-state index contributed by atoms with van der Waals surface area (Å²) in [5.74, 6) is -0.207. The number of H-pyrrole nitrogens is 1. The number of rotatable bonds is 4. The maximum atomic E-state index is 12.6. The minimum Gasteiger partial charge on any atom is -0.342 e. The third kappa shape index (κ3) is 3.32. The fraction of sp³-hybridized carbons (Fsp3) is 0.533. The Labute approximate surface area is 123 Å². The molecule has 0 bridgehead atoms. The molecule has 1 aromatic rings. The summed E-state index contributed by atoms with van der Waals surface area (Å²) in [6.45, 7) is 3.12. The SMILES string of the molecule is CCCC[C@@H]1C(=O)N(C)CCN1C(=O)c1ccc(=O)[nH]c1. The van der Waals surface area contributed by atoms with Crippen LogP contribution in [0, 0.1) is 0 Å². The van der Waals surface area contributed by atoms with E-state index in [-0.39, 0.29) is 17.4 Å². The van der Waals surface area contributed by atoms with Crippen LogP contribution in [0.5, 0.6) is 0 Å². The molecule has 1 aromatic heterocycles. The lowest BCUT2D eigenvalue weighted by atomic mass is 10.0. The Hall–Kier alpha value is -2.11. The zero-order valence-corrected chi connectivity index (χ0v) is 12.5. The van der Waals surface area contributed by atoms with Gasteiger partial charge in [0.1, 0.15) is 6.04 Å². The number of hydrogen-bond donors (Lipinski definition) is 1. The fourth-order valence-electron chi connectivity index (χ4n) is 2.54. The molecule has 1 aliphatic rings. The Morgan fingerprint density at radius 2 is 2.10 bits per heavy atom. The molecule has 6 nitrogen and oxygen atoms in total. The zero-order valence-electron chi connectivity index (χ0n) is 12.5. The molecule has 0 saturated carbocycles. The molecule has 2 amide bonds. The van der Waals surface area contributed by atoms with Gasteiger partial charge in [-0.25, -0.2) is 0 Å². The van der Waals surface area contributed by atoms with Gasteiger partial charge >= 0.3 is 0 Å². The number of carbonyl (C=O) groups excluding carboxylic acids is 2. The summed E-state index contributed by atoms with van der Waals surface area (Å²) in [5, 5.41) is 0. The summed E-state index contributed by atoms with van der Waals surface area (Å²) in [7, 11) is 1.77. The molecule has 1 saturated heterocycles. The van der Waals surface area contributed by atoms with Crippen LogP contribution < -0.4 is 5.56 Å². The number of amides is 2. The number of carbonyl (C=O) groups is 2. The van der Waals surface area contributed by atoms with Crippen molar-refractivity contribution in [1.82, 2.24) is 14.8 Å². The molecular weight excluding hydrogens is 270 g/mol. The molecule has 2 heterocycles. The molecular formula is C15H21N3O3. The number of hydrogen-bond acceptors (Lipinski definition) is 3. The van der Waals surface area contributed by atoms with Crippen molar-refractivity contribution in [2.24, 2.45) is 0 Å². The van der Waals surface area contributed by atoms with E-state index in [0.29, 0.717) is 25.1 Å². The first kappa shape index (κ1) is 15.3. The summed E-state index contributed by atoms with van der Waals surface area (Å²) >= 11 is 0. The molecule has 0 spiro atoms. The highest BCUT2D eigenvalue weighted by atomic mass is 16.2. The average molecular weight is 291 g/mol. The number of aromatic amines is 1. The van der Waals surface area contributed by atoms with Crippen molar-refractivity contribution in [1.29, 1.82) is 0 Å². The number of pyridine rings is 1. The minimum absolute atomic E-state index is 0.00697. The van der Waals surface area contributed by atoms with Gasteiger partial charge in [0.15, 0.2) is 0 Å². The lowest BCUT2D eigenvalue weighted by molar-refractivity contribution is -0.138. The van der Waals surface area contributed by atoms with Crippen LogP contribution in [0.2, 0.25) is 0 Å². The van der Waals surface area contributed by atoms with E-state index in [2.05, 4.69) is 11.9 Å². The van der Waals surface area contributed by atoms with Crippen LogP contribution >= 0.6 is 0 Å². The minimum atomic E-state index is -0.400. The van der Waals surface area contributed by atoms with E-state index in [9.17, 15) is 14.4 Å². The molecule has 1 N–H and O–H groups in total. The Balaban J connectivity index is 2.21. The zero-order chi connectivity index (χ0) is 15.4. The van der Waals surface area contributed by atoms with Gasteiger partial charge in [-0.15, -0.1) is 0 Å². The van der Waals surface area contributed by atoms with Crippen molar-refractivity contribution in [3.8, 4) is 0 Å². The van der Waals surface area contributed by atoms with Gasteiger partial charge in [-0.3, -0.25) is 14.4 Å². The van der Waals surface area contributed by atoms with Gasteiger partial charge in [-0.2, -0.15) is 0 Å². The van der Waals surface area contributed by atoms with Crippen LogP contribution in [0.4, 0.5) is 0 Å². The normalized spacial score (nSPS) is 19.0. The van der Waals surface area contributed by atoms with Crippen molar-refractivity contribution in [3.63, 3.8) is 0 Å². The second kappa shape index (κ2) is 6.56. The third-order valence-corrected chi connectivity index (χ3v) is 3.84. The smallest absolute Gasteiger partial charge is 0.256 e. The quantitative estimate of drug-likeness (QED) is 0.893. The highest BCUT2D eigenvalue weighted by Crippen LogP contribution is 2.18. The first-order valence-corrected chi connectivity index (χ1v) is 7.29. The van der Waals surface area contributed by atoms with E-state index in [4.69, 9.17) is 0 Å². The van der Waals surface area contributed by atoms with Gasteiger partial charge in [0, 0.05) is 32.4 Å². The first-order chi connectivity index (χ1) is 10.0. The molecule has 1 aliphatic heterocycles. The van der Waals surface area contributed by atoms with Gasteiger partial charge in [0.25, 0.3) is 5.91 Å². The standard InChI is InChI=1S/C15H21N3O3/c1-3-4-5-12-15(21)17(2)8-9-18(12)14(20)11-6-7-13(19)16-10-11/h6-7,10,12H,3-5,8-9H2,1-2H3,(H,16,19)/t12-/m1/s1. The van der Waals surface area contributed by atoms with Crippen LogP contribution in [0.25, 0.3) is 0 Å². The summed E-state index contributed by atoms with van der Waals surface area (Å²) in [4.78, 5) is 41.8. The Kier molecular flexibility index (Phi) is 4.77. The van der Waals surface area contributed by atoms with E-state index in [1.54, 1.807) is 16.8 Å². The van der Waals surface area contributed by atoms with E-state index in [0.717, 1.165) is 12.8 Å². The molecule has 0 unspecified atom stereocenters. The highest BCUT2D eigenvalue weighted by Gasteiger charge is 2.35. The lowest BCUT2D eigenvalue weighted by Gasteiger charge is -2.39. The highest BCUT2D eigenvalue weighted by molar-refractivity contribution is 5.97. The maximum absolute atomic E-state index is 12.6. The topological polar surface area (TPSA) is 73.5 Å². The number of nitrogens with one attached hydrogen (secondary N) is 1. The molecule has 114 valence electrons. The Morgan fingerprint density at radius 3 is 2.71 bits per heavy atom. The van der Waals surface area contributed by atoms with Crippen molar-refractivity contribution >= 4 is 11.8 Å². The Bertz CT molecular complexity index is 561. The monoisotopic (exact) mass is 291 g/mol. The van der Waals surface area contributed by atoms with Crippen LogP contribution in [-0.4, -0.2) is 52.8 Å². The van der Waals surface area contributed by atoms with Crippen molar-refractivity contribution < 1.29 is 9.59 Å². The summed E-state index contributed by atoms with van der Waals surface area (Å²) in [6.07, 6.45) is 3.97. The Morgan fingerprint density at radius 1 is 1.33 bits per heavy atom. The number of nitrogens with zero attached hydrogens (tertiary/aromatic N) is 2. The fourth-order valence-corrected chi connectivity index (χ4v) is 2.54. The number of aromatic nitrogens is 1. The van der Waals surface area contributed by atoms with Gasteiger partial charge in [-0.1, -0.05) is 19.8 Å². The van der Waals surface area contributed by atoms with Gasteiger partial charge in [0.2, 0.25) is 11.5 Å². The van der Waals surface area contributed by atoms with Gasteiger partial charge in [-0.05, 0) is 12.5 Å². The van der Waals surface area contributed by atoms with E-state index in [1.165, 1.54) is 18.3 Å². The van der Waals surface area contributed by atoms with Crippen molar-refractivity contribution in [2.45, 2.75) is 32.2 Å². The second-order valence-corrected chi connectivity index (χ2v) is 5.36. The summed E-state index contributed by atoms with van der Waals surface area (Å²) in [5.41, 5.74) is 0.164. The molecule has 1 atom stereocenters. The predicted octanol–water partition coefficient (Wildman–Crippen LogP) is 0.848. The van der Waals surface area contributed by atoms with Crippen molar-refractivity contribution in [2.75, 3.05) is 20.1 Å². The molecule has 21 heavy (non-hydrogen) atoms. The van der Waals surface area contributed by atoms with Gasteiger partial charge in [0.05, 0.1) is 5.56 Å². The third-order valence-electron chi connectivity index (χ3n) is 3.84. The van der Waals surface area contributed by atoms with E-state index in [1.807, 2.05) is 0 Å². The molecule has 0 radical (unpaired) electrons. The van der Waals surface area contributed by atoms with Crippen LogP contribution in [0.1, 0.15) is 36.5 Å². The second-order valence-electron chi connectivity index (χ2n) is 5.36. The number of piperazine rings is 1. The van der Waals surface area contributed by atoms with Crippen LogP contribution in [0.15, 0.2) is 23.1 Å². The lowest BCUT2D eigenvalue weighted by Crippen LogP contribution is -2.57.